The van der Waals surface area contributed by atoms with Gasteiger partial charge in [0.1, 0.15) is 11.3 Å². The van der Waals surface area contributed by atoms with Crippen LogP contribution in [-0.2, 0) is 0 Å². The number of fused-ring (bicyclic) bond motifs is 1. The third kappa shape index (κ3) is 1.11. The van der Waals surface area contributed by atoms with Crippen LogP contribution in [0.5, 0.6) is 0 Å². The zero-order valence-electron chi connectivity index (χ0n) is 5.96. The lowest BCUT2D eigenvalue weighted by Gasteiger charge is -1.98. The number of nitrogens with zero attached hydrogens (tertiary/aromatic N) is 2. The maximum absolute atomic E-state index is 5.71. The Labute approximate surface area is 91.2 Å². The molecule has 0 aliphatic rings. The van der Waals surface area contributed by atoms with Crippen molar-refractivity contribution in [3.8, 4) is 0 Å². The quantitative estimate of drug-likeness (QED) is 0.749. The highest BCUT2D eigenvalue weighted by atomic mass is 127. The maximum atomic E-state index is 5.71. The number of hydrogen-bond acceptors (Lipinski definition) is 2. The van der Waals surface area contributed by atoms with E-state index in [1.165, 1.54) is 0 Å². The molecule has 2 N–H and O–H groups in total. The molecule has 0 saturated carbocycles. The minimum absolute atomic E-state index is 0.548. The summed E-state index contributed by atoms with van der Waals surface area (Å²) in [6.07, 6.45) is 3.58. The van der Waals surface area contributed by atoms with Gasteiger partial charge in [0.15, 0.2) is 0 Å². The fourth-order valence-electron chi connectivity index (χ4n) is 1.10. The first-order valence-electron chi connectivity index (χ1n) is 3.26. The molecule has 2 aromatic heterocycles. The Morgan fingerprint density at radius 3 is 3.00 bits per heavy atom. The number of nitrogens with two attached hydrogens (primary N) is 1. The first kappa shape index (κ1) is 8.31. The second-order valence-corrected chi connectivity index (χ2v) is 4.31. The van der Waals surface area contributed by atoms with Crippen LogP contribution in [0.15, 0.2) is 22.9 Å². The Balaban J connectivity index is 2.99. The molecule has 0 radical (unpaired) electrons. The Kier molecular flexibility index (Phi) is 1.99. The van der Waals surface area contributed by atoms with Crippen molar-refractivity contribution in [2.45, 2.75) is 0 Å². The number of rotatable bonds is 0. The van der Waals surface area contributed by atoms with Crippen molar-refractivity contribution in [1.82, 2.24) is 9.38 Å². The number of hydrogen-bond donors (Lipinski definition) is 1. The minimum Gasteiger partial charge on any atom is -0.382 e. The van der Waals surface area contributed by atoms with E-state index in [-0.39, 0.29) is 0 Å². The van der Waals surface area contributed by atoms with Crippen molar-refractivity contribution in [3.63, 3.8) is 0 Å². The van der Waals surface area contributed by atoms with Gasteiger partial charge in [-0.15, -0.1) is 0 Å². The topological polar surface area (TPSA) is 43.3 Å². The van der Waals surface area contributed by atoms with Gasteiger partial charge in [0.05, 0.1) is 3.70 Å². The first-order chi connectivity index (χ1) is 5.70. The third-order valence-electron chi connectivity index (χ3n) is 1.62. The molecule has 2 rings (SSSR count). The lowest BCUT2D eigenvalue weighted by molar-refractivity contribution is 1.12. The average molecular weight is 338 g/mol. The van der Waals surface area contributed by atoms with Gasteiger partial charge < -0.3 is 10.1 Å². The van der Waals surface area contributed by atoms with E-state index in [2.05, 4.69) is 43.5 Å². The molecule has 0 bridgehead atoms. The molecule has 0 amide bonds. The zero-order valence-corrected chi connectivity index (χ0v) is 9.70. The summed E-state index contributed by atoms with van der Waals surface area (Å²) in [5, 5.41) is 0. The summed E-state index contributed by atoms with van der Waals surface area (Å²) < 4.78 is 4.09. The SMILES string of the molecule is Nc1nccn2c(I)cc(Br)c12. The molecule has 2 aromatic rings. The van der Waals surface area contributed by atoms with Crippen LogP contribution in [0.25, 0.3) is 5.52 Å². The van der Waals surface area contributed by atoms with Gasteiger partial charge in [-0.3, -0.25) is 0 Å². The molecule has 0 saturated heterocycles. The molecule has 2 heterocycles. The van der Waals surface area contributed by atoms with E-state index >= 15 is 0 Å². The normalized spacial score (nSPS) is 10.8. The number of anilines is 1. The summed E-state index contributed by atoms with van der Waals surface area (Å²) in [6.45, 7) is 0. The molecule has 0 atom stereocenters. The summed E-state index contributed by atoms with van der Waals surface area (Å²) >= 11 is 5.67. The Bertz CT molecular complexity index is 437. The summed E-state index contributed by atoms with van der Waals surface area (Å²) in [6, 6.07) is 2.01. The Hall–Kier alpha value is -0.300. The van der Waals surface area contributed by atoms with Gasteiger partial charge in [-0.2, -0.15) is 0 Å². The van der Waals surface area contributed by atoms with E-state index < -0.39 is 0 Å². The molecule has 3 nitrogen and oxygen atoms in total. The van der Waals surface area contributed by atoms with Crippen molar-refractivity contribution in [3.05, 3.63) is 26.6 Å². The van der Waals surface area contributed by atoms with Crippen LogP contribution in [0.2, 0.25) is 0 Å². The van der Waals surface area contributed by atoms with Gasteiger partial charge in [0.25, 0.3) is 0 Å². The molecule has 0 fully saturated rings. The molecule has 0 aliphatic carbocycles. The largest absolute Gasteiger partial charge is 0.382 e. The third-order valence-corrected chi connectivity index (χ3v) is 3.05. The zero-order chi connectivity index (χ0) is 8.72. The van der Waals surface area contributed by atoms with Crippen molar-refractivity contribution in [1.29, 1.82) is 0 Å². The predicted octanol–water partition coefficient (Wildman–Crippen LogP) is 2.28. The highest BCUT2D eigenvalue weighted by Gasteiger charge is 2.07. The molecule has 0 aliphatic heterocycles. The molecule has 62 valence electrons. The van der Waals surface area contributed by atoms with Crippen LogP contribution in [-0.4, -0.2) is 9.38 Å². The lowest BCUT2D eigenvalue weighted by atomic mass is 10.5. The molecular formula is C7H5BrIN3. The summed E-state index contributed by atoms with van der Waals surface area (Å²) in [7, 11) is 0. The van der Waals surface area contributed by atoms with Crippen molar-refractivity contribution >= 4 is 49.9 Å². The number of nitrogen functional groups attached to an aromatic ring is 1. The molecule has 5 heteroatoms. The summed E-state index contributed by atoms with van der Waals surface area (Å²) in [5.74, 6) is 0.548. The highest BCUT2D eigenvalue weighted by Crippen LogP contribution is 2.26. The lowest BCUT2D eigenvalue weighted by Crippen LogP contribution is -1.95. The van der Waals surface area contributed by atoms with Gasteiger partial charge in [-0.25, -0.2) is 4.98 Å². The Morgan fingerprint density at radius 1 is 1.58 bits per heavy atom. The Morgan fingerprint density at radius 2 is 2.33 bits per heavy atom. The molecule has 0 unspecified atom stereocenters. The summed E-state index contributed by atoms with van der Waals surface area (Å²) in [5.41, 5.74) is 6.64. The van der Waals surface area contributed by atoms with E-state index in [1.54, 1.807) is 6.20 Å². The van der Waals surface area contributed by atoms with E-state index in [0.29, 0.717) is 5.82 Å². The van der Waals surface area contributed by atoms with E-state index in [4.69, 9.17) is 5.73 Å². The van der Waals surface area contributed by atoms with E-state index in [9.17, 15) is 0 Å². The maximum Gasteiger partial charge on any atom is 0.148 e. The number of aromatic nitrogens is 2. The molecule has 12 heavy (non-hydrogen) atoms. The fourth-order valence-corrected chi connectivity index (χ4v) is 2.85. The summed E-state index contributed by atoms with van der Waals surface area (Å²) in [4.78, 5) is 4.01. The highest BCUT2D eigenvalue weighted by molar-refractivity contribution is 14.1. The van der Waals surface area contributed by atoms with Crippen LogP contribution < -0.4 is 5.73 Å². The molecular weight excluding hydrogens is 333 g/mol. The van der Waals surface area contributed by atoms with Crippen LogP contribution in [0.1, 0.15) is 0 Å². The average Bonchev–Trinajstić information content (AvgIpc) is 2.29. The smallest absolute Gasteiger partial charge is 0.148 e. The van der Waals surface area contributed by atoms with E-state index in [1.807, 2.05) is 16.7 Å². The van der Waals surface area contributed by atoms with Crippen LogP contribution in [0, 0.1) is 3.70 Å². The first-order valence-corrected chi connectivity index (χ1v) is 5.14. The van der Waals surface area contributed by atoms with Gasteiger partial charge >= 0.3 is 0 Å². The minimum atomic E-state index is 0.548. The van der Waals surface area contributed by atoms with Gasteiger partial charge in [0.2, 0.25) is 0 Å². The second kappa shape index (κ2) is 2.88. The van der Waals surface area contributed by atoms with Crippen molar-refractivity contribution in [2.75, 3.05) is 5.73 Å². The predicted molar refractivity (Wildman–Crippen MR) is 60.0 cm³/mol. The standard InChI is InChI=1S/C7H5BrIN3/c8-4-3-5(9)12-2-1-11-7(10)6(4)12/h1-3H,(H2,10,11). The van der Waals surface area contributed by atoms with Gasteiger partial charge in [-0.1, -0.05) is 0 Å². The molecule has 0 spiro atoms. The van der Waals surface area contributed by atoms with Crippen LogP contribution >= 0.6 is 38.5 Å². The second-order valence-electron chi connectivity index (χ2n) is 2.35. The fraction of sp³-hybridized carbons (Fsp3) is 0. The van der Waals surface area contributed by atoms with Gasteiger partial charge in [0, 0.05) is 16.9 Å². The van der Waals surface area contributed by atoms with Crippen molar-refractivity contribution < 1.29 is 0 Å². The number of halogens is 2. The van der Waals surface area contributed by atoms with Crippen LogP contribution in [0.3, 0.4) is 0 Å². The van der Waals surface area contributed by atoms with E-state index in [0.717, 1.165) is 13.7 Å². The van der Waals surface area contributed by atoms with Gasteiger partial charge in [-0.05, 0) is 44.6 Å². The monoisotopic (exact) mass is 337 g/mol. The molecule has 0 aromatic carbocycles. The van der Waals surface area contributed by atoms with Crippen molar-refractivity contribution in [2.24, 2.45) is 0 Å². The van der Waals surface area contributed by atoms with Crippen LogP contribution in [0.4, 0.5) is 5.82 Å².